The Morgan fingerprint density at radius 3 is 2.11 bits per heavy atom. The van der Waals surface area contributed by atoms with Crippen molar-refractivity contribution in [1.29, 1.82) is 0 Å². The highest BCUT2D eigenvalue weighted by Crippen LogP contribution is 2.21. The molecule has 98 valence electrons. The van der Waals surface area contributed by atoms with Gasteiger partial charge in [-0.15, -0.1) is 0 Å². The molecule has 0 saturated carbocycles. The maximum atomic E-state index is 12.6. The maximum absolute atomic E-state index is 12.6. The van der Waals surface area contributed by atoms with Crippen molar-refractivity contribution >= 4 is 11.9 Å². The van der Waals surface area contributed by atoms with E-state index in [2.05, 4.69) is 5.32 Å². The van der Waals surface area contributed by atoms with Crippen LogP contribution in [0.5, 0.6) is 0 Å². The molecule has 1 fully saturated rings. The molecule has 0 spiro atoms. The molecule has 5 nitrogen and oxygen atoms in total. The average Bonchev–Trinajstić information content (AvgIpc) is 2.84. The van der Waals surface area contributed by atoms with E-state index in [0.717, 1.165) is 13.1 Å². The third-order valence-electron chi connectivity index (χ3n) is 2.58. The molecule has 0 amide bonds. The van der Waals surface area contributed by atoms with Crippen LogP contribution in [0, 0.1) is 5.82 Å². The quantitative estimate of drug-likeness (QED) is 0.653. The average molecular weight is 255 g/mol. The van der Waals surface area contributed by atoms with Gasteiger partial charge in [0.25, 0.3) is 0 Å². The lowest BCUT2D eigenvalue weighted by Crippen LogP contribution is -2.09. The minimum Gasteiger partial charge on any atom is -0.473 e. The molecule has 0 radical (unpaired) electrons. The van der Waals surface area contributed by atoms with Crippen molar-refractivity contribution in [2.75, 3.05) is 13.1 Å². The van der Waals surface area contributed by atoms with Crippen LogP contribution in [-0.4, -0.2) is 35.2 Å². The van der Waals surface area contributed by atoms with Crippen LogP contribution in [0.25, 0.3) is 0 Å². The van der Waals surface area contributed by atoms with E-state index in [1.165, 1.54) is 24.1 Å². The molecule has 18 heavy (non-hydrogen) atoms. The Hall–Kier alpha value is -1.95. The van der Waals surface area contributed by atoms with Gasteiger partial charge in [-0.25, -0.2) is 14.0 Å². The number of nitrogens with one attached hydrogen (secondary N) is 1. The number of halogens is 1. The Bertz CT molecular complexity index is 401. The van der Waals surface area contributed by atoms with Crippen LogP contribution >= 0.6 is 0 Å². The normalized spacial score (nSPS) is 17.7. The van der Waals surface area contributed by atoms with Crippen LogP contribution in [0.4, 0.5) is 4.39 Å². The summed E-state index contributed by atoms with van der Waals surface area (Å²) in [4.78, 5) is 18.2. The van der Waals surface area contributed by atoms with E-state index in [1.54, 1.807) is 0 Å². The summed E-state index contributed by atoms with van der Waals surface area (Å²) in [6.07, 6.45) is 1.17. The van der Waals surface area contributed by atoms with Crippen molar-refractivity contribution in [2.24, 2.45) is 0 Å². The van der Waals surface area contributed by atoms with E-state index in [4.69, 9.17) is 19.8 Å². The van der Waals surface area contributed by atoms with Gasteiger partial charge in [0.05, 0.1) is 0 Å². The molecule has 1 saturated heterocycles. The van der Waals surface area contributed by atoms with Crippen LogP contribution in [0.1, 0.15) is 17.9 Å². The summed E-state index contributed by atoms with van der Waals surface area (Å²) >= 11 is 0. The Morgan fingerprint density at radius 2 is 1.72 bits per heavy atom. The summed E-state index contributed by atoms with van der Waals surface area (Å²) in [7, 11) is 0. The van der Waals surface area contributed by atoms with Crippen LogP contribution in [0.15, 0.2) is 24.3 Å². The molecule has 2 rings (SSSR count). The van der Waals surface area contributed by atoms with Crippen molar-refractivity contribution in [3.05, 3.63) is 35.6 Å². The number of aliphatic carboxylic acids is 2. The van der Waals surface area contributed by atoms with E-state index in [0.29, 0.717) is 5.92 Å². The monoisotopic (exact) mass is 255 g/mol. The summed E-state index contributed by atoms with van der Waals surface area (Å²) in [5, 5.41) is 18.1. The van der Waals surface area contributed by atoms with Gasteiger partial charge in [0.2, 0.25) is 0 Å². The molecule has 0 aliphatic carbocycles. The van der Waals surface area contributed by atoms with Gasteiger partial charge >= 0.3 is 11.9 Å². The summed E-state index contributed by atoms with van der Waals surface area (Å²) < 4.78 is 12.6. The third kappa shape index (κ3) is 4.50. The lowest BCUT2D eigenvalue weighted by atomic mass is 9.99. The van der Waals surface area contributed by atoms with Crippen LogP contribution in [-0.2, 0) is 9.59 Å². The molecule has 1 heterocycles. The van der Waals surface area contributed by atoms with Crippen LogP contribution in [0.3, 0.4) is 0 Å². The zero-order valence-corrected chi connectivity index (χ0v) is 9.60. The van der Waals surface area contributed by atoms with E-state index >= 15 is 0 Å². The second-order valence-electron chi connectivity index (χ2n) is 3.85. The standard InChI is InChI=1S/C10H12FN.C2H2O4/c11-10-3-1-8(2-4-10)9-5-6-12-7-9;3-1(4)2(5)6/h1-4,9,12H,5-7H2;(H,3,4)(H,5,6). The number of carbonyl (C=O) groups is 2. The minimum absolute atomic E-state index is 0.148. The van der Waals surface area contributed by atoms with Gasteiger partial charge in [-0.3, -0.25) is 0 Å². The highest BCUT2D eigenvalue weighted by molar-refractivity contribution is 6.27. The summed E-state index contributed by atoms with van der Waals surface area (Å²) in [6.45, 7) is 2.12. The fourth-order valence-corrected chi connectivity index (χ4v) is 1.67. The first-order chi connectivity index (χ1) is 8.50. The molecule has 1 aliphatic heterocycles. The van der Waals surface area contributed by atoms with Gasteiger partial charge in [-0.1, -0.05) is 12.1 Å². The zero-order valence-electron chi connectivity index (χ0n) is 9.60. The van der Waals surface area contributed by atoms with Crippen LogP contribution in [0.2, 0.25) is 0 Å². The Balaban J connectivity index is 0.000000232. The molecule has 3 N–H and O–H groups in total. The molecule has 0 aromatic heterocycles. The number of carboxylic acid groups (broad SMARTS) is 2. The van der Waals surface area contributed by atoms with E-state index < -0.39 is 11.9 Å². The third-order valence-corrected chi connectivity index (χ3v) is 2.58. The predicted molar refractivity (Wildman–Crippen MR) is 61.9 cm³/mol. The summed E-state index contributed by atoms with van der Waals surface area (Å²) in [6, 6.07) is 6.83. The molecule has 1 aliphatic rings. The highest BCUT2D eigenvalue weighted by Gasteiger charge is 2.15. The first-order valence-corrected chi connectivity index (χ1v) is 5.43. The second kappa shape index (κ2) is 6.70. The van der Waals surface area contributed by atoms with Crippen molar-refractivity contribution in [3.8, 4) is 0 Å². The molecular formula is C12H14FNO4. The van der Waals surface area contributed by atoms with Gasteiger partial charge in [-0.2, -0.15) is 0 Å². The molecule has 6 heteroatoms. The van der Waals surface area contributed by atoms with Gasteiger partial charge < -0.3 is 15.5 Å². The van der Waals surface area contributed by atoms with Crippen molar-refractivity contribution in [3.63, 3.8) is 0 Å². The number of benzene rings is 1. The van der Waals surface area contributed by atoms with Crippen molar-refractivity contribution in [1.82, 2.24) is 5.32 Å². The molecular weight excluding hydrogens is 241 g/mol. The molecule has 1 aromatic carbocycles. The molecule has 1 atom stereocenters. The number of hydrogen-bond acceptors (Lipinski definition) is 3. The van der Waals surface area contributed by atoms with Crippen molar-refractivity contribution in [2.45, 2.75) is 12.3 Å². The summed E-state index contributed by atoms with van der Waals surface area (Å²) in [5.74, 6) is -3.21. The smallest absolute Gasteiger partial charge is 0.414 e. The Morgan fingerprint density at radius 1 is 1.17 bits per heavy atom. The number of hydrogen-bond donors (Lipinski definition) is 3. The highest BCUT2D eigenvalue weighted by atomic mass is 19.1. The van der Waals surface area contributed by atoms with Crippen molar-refractivity contribution < 1.29 is 24.2 Å². The Kier molecular flexibility index (Phi) is 5.26. The first-order valence-electron chi connectivity index (χ1n) is 5.43. The second-order valence-corrected chi connectivity index (χ2v) is 3.85. The van der Waals surface area contributed by atoms with Gasteiger partial charge in [-0.05, 0) is 36.6 Å². The largest absolute Gasteiger partial charge is 0.473 e. The van der Waals surface area contributed by atoms with E-state index in [-0.39, 0.29) is 5.82 Å². The molecule has 0 bridgehead atoms. The van der Waals surface area contributed by atoms with Gasteiger partial charge in [0, 0.05) is 6.54 Å². The maximum Gasteiger partial charge on any atom is 0.414 e. The number of carboxylic acids is 2. The Labute approximate surface area is 103 Å². The topological polar surface area (TPSA) is 86.6 Å². The SMILES string of the molecule is Fc1ccc(C2CCNC2)cc1.O=C(O)C(=O)O. The minimum atomic E-state index is -1.82. The summed E-state index contributed by atoms with van der Waals surface area (Å²) in [5.41, 5.74) is 1.25. The molecule has 1 unspecified atom stereocenters. The van der Waals surface area contributed by atoms with Gasteiger partial charge in [0.15, 0.2) is 0 Å². The zero-order chi connectivity index (χ0) is 13.5. The predicted octanol–water partition coefficient (Wildman–Crippen LogP) is 1.06. The number of rotatable bonds is 1. The molecule has 1 aromatic rings. The van der Waals surface area contributed by atoms with Gasteiger partial charge in [0.1, 0.15) is 5.82 Å². The van der Waals surface area contributed by atoms with E-state index in [9.17, 15) is 4.39 Å². The lowest BCUT2D eigenvalue weighted by Gasteiger charge is -2.07. The first kappa shape index (κ1) is 14.1. The van der Waals surface area contributed by atoms with E-state index in [1.807, 2.05) is 12.1 Å². The lowest BCUT2D eigenvalue weighted by molar-refractivity contribution is -0.159. The van der Waals surface area contributed by atoms with Crippen LogP contribution < -0.4 is 5.32 Å². The fourth-order valence-electron chi connectivity index (χ4n) is 1.67. The fraction of sp³-hybridized carbons (Fsp3) is 0.333.